The molecule has 0 aliphatic heterocycles. The Bertz CT molecular complexity index is 1540. The molecular formula is C35H26O4. The lowest BCUT2D eigenvalue weighted by molar-refractivity contribution is -0.137. The van der Waals surface area contributed by atoms with Crippen molar-refractivity contribution >= 4 is 34.2 Å². The van der Waals surface area contributed by atoms with Crippen LogP contribution in [0, 0.1) is 5.41 Å². The van der Waals surface area contributed by atoms with Crippen molar-refractivity contribution in [2.24, 2.45) is 5.41 Å². The van der Waals surface area contributed by atoms with Gasteiger partial charge in [0.05, 0.1) is 30.8 Å². The highest BCUT2D eigenvalue weighted by Gasteiger charge is 2.69. The fraction of sp³-hybridized carbons (Fsp3) is 0.0857. The van der Waals surface area contributed by atoms with Crippen LogP contribution in [-0.4, -0.2) is 26.2 Å². The predicted octanol–water partition coefficient (Wildman–Crippen LogP) is 6.86. The number of hydrogen-bond donors (Lipinski definition) is 0. The minimum Gasteiger partial charge on any atom is -0.466 e. The van der Waals surface area contributed by atoms with Crippen LogP contribution in [0.2, 0.25) is 0 Å². The van der Waals surface area contributed by atoms with Gasteiger partial charge in [-0.2, -0.15) is 0 Å². The molecular weight excluding hydrogens is 484 g/mol. The highest BCUT2D eigenvalue weighted by molar-refractivity contribution is 6.38. The second-order valence-corrected chi connectivity index (χ2v) is 9.45. The van der Waals surface area contributed by atoms with Crippen molar-refractivity contribution in [1.29, 1.82) is 0 Å². The molecule has 0 unspecified atom stereocenters. The number of hydrogen-bond acceptors (Lipinski definition) is 4. The molecule has 0 saturated carbocycles. The van der Waals surface area contributed by atoms with Gasteiger partial charge in [0, 0.05) is 0 Å². The van der Waals surface area contributed by atoms with Gasteiger partial charge >= 0.3 is 11.9 Å². The Balaban J connectivity index is 1.83. The molecule has 0 heterocycles. The first-order valence-corrected chi connectivity index (χ1v) is 12.8. The topological polar surface area (TPSA) is 52.6 Å². The summed E-state index contributed by atoms with van der Waals surface area (Å²) in [7, 11) is 2.69. The van der Waals surface area contributed by atoms with Crippen LogP contribution >= 0.6 is 0 Å². The zero-order valence-electron chi connectivity index (χ0n) is 21.7. The van der Waals surface area contributed by atoms with E-state index < -0.39 is 17.4 Å². The second kappa shape index (κ2) is 9.73. The molecule has 4 aromatic carbocycles. The lowest BCUT2D eigenvalue weighted by Crippen LogP contribution is -2.18. The van der Waals surface area contributed by atoms with Gasteiger partial charge in [0.1, 0.15) is 0 Å². The Morgan fingerprint density at radius 1 is 0.462 bits per heavy atom. The summed E-state index contributed by atoms with van der Waals surface area (Å²) in [6.45, 7) is 0. The second-order valence-electron chi connectivity index (χ2n) is 9.45. The lowest BCUT2D eigenvalue weighted by atomic mass is 9.77. The molecule has 4 aromatic rings. The molecule has 4 heteroatoms. The van der Waals surface area contributed by atoms with Gasteiger partial charge in [-0.3, -0.25) is 0 Å². The third-order valence-corrected chi connectivity index (χ3v) is 7.47. The van der Waals surface area contributed by atoms with Crippen LogP contribution in [0.3, 0.4) is 0 Å². The number of carbonyl (C=O) groups is 2. The van der Waals surface area contributed by atoms with E-state index in [2.05, 4.69) is 24.3 Å². The zero-order chi connectivity index (χ0) is 27.0. The van der Waals surface area contributed by atoms with Crippen LogP contribution in [0.25, 0.3) is 22.3 Å². The van der Waals surface area contributed by atoms with Gasteiger partial charge in [-0.15, -0.1) is 0 Å². The van der Waals surface area contributed by atoms with Gasteiger partial charge < -0.3 is 9.47 Å². The molecule has 2 aliphatic rings. The van der Waals surface area contributed by atoms with Crippen LogP contribution < -0.4 is 0 Å². The Morgan fingerprint density at radius 2 is 0.744 bits per heavy atom. The first-order valence-electron chi connectivity index (χ1n) is 12.8. The summed E-state index contributed by atoms with van der Waals surface area (Å²) in [5.41, 5.74) is 6.95. The molecule has 0 amide bonds. The molecule has 0 saturated heterocycles. The molecule has 0 radical (unpaired) electrons. The van der Waals surface area contributed by atoms with E-state index >= 15 is 0 Å². The smallest absolute Gasteiger partial charge is 0.335 e. The Kier molecular flexibility index (Phi) is 6.08. The molecule has 0 bridgehead atoms. The Morgan fingerprint density at radius 3 is 1.03 bits per heavy atom. The largest absolute Gasteiger partial charge is 0.466 e. The molecule has 4 nitrogen and oxygen atoms in total. The van der Waals surface area contributed by atoms with E-state index in [0.29, 0.717) is 11.1 Å². The molecule has 190 valence electrons. The van der Waals surface area contributed by atoms with Crippen LogP contribution in [0.1, 0.15) is 22.3 Å². The maximum absolute atomic E-state index is 13.5. The van der Waals surface area contributed by atoms with Crippen molar-refractivity contribution in [2.75, 3.05) is 14.2 Å². The summed E-state index contributed by atoms with van der Waals surface area (Å²) in [5, 5.41) is 0. The van der Waals surface area contributed by atoms with E-state index in [4.69, 9.17) is 9.47 Å². The summed E-state index contributed by atoms with van der Waals surface area (Å²) >= 11 is 0. The summed E-state index contributed by atoms with van der Waals surface area (Å²) in [5.74, 6) is -1.09. The number of benzene rings is 4. The predicted molar refractivity (Wildman–Crippen MR) is 153 cm³/mol. The van der Waals surface area contributed by atoms with Gasteiger partial charge in [-0.25, -0.2) is 9.59 Å². The molecule has 2 aliphatic carbocycles. The number of ether oxygens (including phenoxy) is 2. The molecule has 0 aromatic heterocycles. The molecule has 6 rings (SSSR count). The van der Waals surface area contributed by atoms with Crippen molar-refractivity contribution in [3.63, 3.8) is 0 Å². The Labute approximate surface area is 227 Å². The molecule has 0 fully saturated rings. The van der Waals surface area contributed by atoms with Crippen LogP contribution in [-0.2, 0) is 19.1 Å². The minimum atomic E-state index is -1.14. The zero-order valence-corrected chi connectivity index (χ0v) is 21.7. The monoisotopic (exact) mass is 510 g/mol. The van der Waals surface area contributed by atoms with Gasteiger partial charge in [-0.1, -0.05) is 121 Å². The first-order chi connectivity index (χ1) is 19.1. The van der Waals surface area contributed by atoms with Gasteiger partial charge in [0.15, 0.2) is 0 Å². The SMILES string of the molecule is COC(=O)C1=C(C(=O)OC)C12C(c1ccccc1)=C(c1ccccc1)C(c1ccccc1)=C2c1ccccc1. The summed E-state index contributed by atoms with van der Waals surface area (Å²) < 4.78 is 10.6. The number of rotatable bonds is 6. The summed E-state index contributed by atoms with van der Waals surface area (Å²) in [6, 6.07) is 40.2. The summed E-state index contributed by atoms with van der Waals surface area (Å²) in [6.07, 6.45) is 0. The van der Waals surface area contributed by atoms with Gasteiger partial charge in [-0.05, 0) is 44.5 Å². The van der Waals surface area contributed by atoms with Crippen LogP contribution in [0.15, 0.2) is 132 Å². The van der Waals surface area contributed by atoms with E-state index in [1.165, 1.54) is 14.2 Å². The third-order valence-electron chi connectivity index (χ3n) is 7.47. The third kappa shape index (κ3) is 3.68. The minimum absolute atomic E-state index is 0.314. The van der Waals surface area contributed by atoms with Crippen molar-refractivity contribution < 1.29 is 19.1 Å². The highest BCUT2D eigenvalue weighted by Crippen LogP contribution is 2.75. The van der Waals surface area contributed by atoms with Crippen molar-refractivity contribution in [3.05, 3.63) is 155 Å². The quantitative estimate of drug-likeness (QED) is 0.266. The highest BCUT2D eigenvalue weighted by atomic mass is 16.5. The summed E-state index contributed by atoms with van der Waals surface area (Å²) in [4.78, 5) is 26.9. The maximum atomic E-state index is 13.5. The van der Waals surface area contributed by atoms with Crippen LogP contribution in [0.5, 0.6) is 0 Å². The molecule has 0 N–H and O–H groups in total. The van der Waals surface area contributed by atoms with Crippen molar-refractivity contribution in [2.45, 2.75) is 0 Å². The molecule has 0 atom stereocenters. The fourth-order valence-corrected chi connectivity index (χ4v) is 5.96. The van der Waals surface area contributed by atoms with Gasteiger partial charge in [0.2, 0.25) is 0 Å². The van der Waals surface area contributed by atoms with Crippen molar-refractivity contribution in [1.82, 2.24) is 0 Å². The number of carbonyl (C=O) groups excluding carboxylic acids is 2. The lowest BCUT2D eigenvalue weighted by Gasteiger charge is -2.24. The van der Waals surface area contributed by atoms with Crippen LogP contribution in [0.4, 0.5) is 0 Å². The Hall–Kier alpha value is -4.96. The van der Waals surface area contributed by atoms with E-state index in [9.17, 15) is 9.59 Å². The number of esters is 2. The van der Waals surface area contributed by atoms with Gasteiger partial charge in [0.25, 0.3) is 0 Å². The molecule has 1 spiro atoms. The van der Waals surface area contributed by atoms with E-state index in [-0.39, 0.29) is 0 Å². The van der Waals surface area contributed by atoms with E-state index in [1.54, 1.807) is 0 Å². The number of allylic oxidation sites excluding steroid dienone is 4. The average Bonchev–Trinajstić information content (AvgIpc) is 3.58. The fourth-order valence-electron chi connectivity index (χ4n) is 5.96. The normalized spacial score (nSPS) is 15.5. The van der Waals surface area contributed by atoms with E-state index in [1.807, 2.05) is 97.1 Å². The number of methoxy groups -OCH3 is 2. The first kappa shape index (κ1) is 24.4. The van der Waals surface area contributed by atoms with Crippen molar-refractivity contribution in [3.8, 4) is 0 Å². The average molecular weight is 511 g/mol. The standard InChI is InChI=1S/C35H26O4/c1-38-33(36)31-32(34(37)39-2)35(31)29(25-19-11-5-12-20-25)27(23-15-7-3-8-16-23)28(24-17-9-4-10-18-24)30(35)26-21-13-6-14-22-26/h3-22H,1-2H3. The molecule has 39 heavy (non-hydrogen) atoms. The maximum Gasteiger partial charge on any atom is 0.335 e. The van der Waals surface area contributed by atoms with E-state index in [0.717, 1.165) is 44.5 Å².